The molecule has 0 unspecified atom stereocenters. The van der Waals surface area contributed by atoms with Crippen molar-refractivity contribution >= 4 is 33.8 Å². The van der Waals surface area contributed by atoms with Gasteiger partial charge in [0.05, 0.1) is 5.39 Å². The third kappa shape index (κ3) is 2.46. The molecule has 0 fully saturated rings. The fourth-order valence-electron chi connectivity index (χ4n) is 2.26. The Labute approximate surface area is 125 Å². The van der Waals surface area contributed by atoms with Gasteiger partial charge in [0.25, 0.3) is 5.56 Å². The quantitative estimate of drug-likeness (QED) is 0.750. The van der Waals surface area contributed by atoms with E-state index in [-0.39, 0.29) is 5.56 Å². The SMILES string of the molecule is Cc1cc2c(=O)n(CCc3ccccc3)c(=S)[nH]c2s1. The standard InChI is InChI=1S/C15H14N2OS2/c1-10-9-12-13(20-10)16-15(19)17(14(12)18)8-7-11-5-3-2-4-6-11/h2-6,9H,7-8H2,1H3,(H,16,19). The summed E-state index contributed by atoms with van der Waals surface area (Å²) in [5, 5.41) is 0.731. The number of aryl methyl sites for hydroxylation is 2. The van der Waals surface area contributed by atoms with Gasteiger partial charge < -0.3 is 4.98 Å². The molecule has 0 bridgehead atoms. The summed E-state index contributed by atoms with van der Waals surface area (Å²) in [4.78, 5) is 17.6. The van der Waals surface area contributed by atoms with Gasteiger partial charge in [-0.3, -0.25) is 9.36 Å². The van der Waals surface area contributed by atoms with Crippen LogP contribution in [0.1, 0.15) is 10.4 Å². The molecule has 0 aliphatic rings. The first-order valence-electron chi connectivity index (χ1n) is 6.42. The summed E-state index contributed by atoms with van der Waals surface area (Å²) >= 11 is 6.87. The van der Waals surface area contributed by atoms with Crippen LogP contribution in [0.4, 0.5) is 0 Å². The Morgan fingerprint density at radius 2 is 2.05 bits per heavy atom. The summed E-state index contributed by atoms with van der Waals surface area (Å²) in [5.74, 6) is 0. The highest BCUT2D eigenvalue weighted by Gasteiger charge is 2.08. The van der Waals surface area contributed by atoms with E-state index in [0.29, 0.717) is 11.3 Å². The topological polar surface area (TPSA) is 37.8 Å². The number of hydrogen-bond donors (Lipinski definition) is 1. The van der Waals surface area contributed by atoms with Crippen LogP contribution in [0.3, 0.4) is 0 Å². The molecule has 0 atom stereocenters. The van der Waals surface area contributed by atoms with Gasteiger partial charge in [-0.1, -0.05) is 30.3 Å². The van der Waals surface area contributed by atoms with Crippen LogP contribution in [-0.2, 0) is 13.0 Å². The molecule has 0 radical (unpaired) electrons. The number of nitrogens with zero attached hydrogens (tertiary/aromatic N) is 1. The highest BCUT2D eigenvalue weighted by Crippen LogP contribution is 2.19. The molecule has 0 spiro atoms. The Kier molecular flexibility index (Phi) is 3.54. The highest BCUT2D eigenvalue weighted by atomic mass is 32.1. The molecule has 2 aromatic heterocycles. The fraction of sp³-hybridized carbons (Fsp3) is 0.200. The van der Waals surface area contributed by atoms with Crippen molar-refractivity contribution in [2.75, 3.05) is 0 Å². The van der Waals surface area contributed by atoms with Crippen molar-refractivity contribution in [3.63, 3.8) is 0 Å². The van der Waals surface area contributed by atoms with Gasteiger partial charge in [-0.25, -0.2) is 0 Å². The Morgan fingerprint density at radius 3 is 2.80 bits per heavy atom. The van der Waals surface area contributed by atoms with E-state index in [2.05, 4.69) is 17.1 Å². The van der Waals surface area contributed by atoms with Gasteiger partial charge in [0.1, 0.15) is 4.83 Å². The van der Waals surface area contributed by atoms with Crippen molar-refractivity contribution in [1.29, 1.82) is 0 Å². The van der Waals surface area contributed by atoms with Crippen LogP contribution in [0.2, 0.25) is 0 Å². The maximum absolute atomic E-state index is 12.5. The molecule has 0 saturated heterocycles. The Bertz CT molecular complexity index is 859. The second kappa shape index (κ2) is 5.34. The van der Waals surface area contributed by atoms with E-state index in [9.17, 15) is 4.79 Å². The maximum atomic E-state index is 12.5. The molecule has 2 heterocycles. The van der Waals surface area contributed by atoms with Crippen LogP contribution < -0.4 is 5.56 Å². The molecule has 5 heteroatoms. The van der Waals surface area contributed by atoms with Crippen molar-refractivity contribution < 1.29 is 0 Å². The lowest BCUT2D eigenvalue weighted by atomic mass is 10.1. The normalized spacial score (nSPS) is 11.1. The first-order chi connectivity index (χ1) is 9.65. The molecule has 102 valence electrons. The molecule has 3 aromatic rings. The number of H-pyrrole nitrogens is 1. The van der Waals surface area contributed by atoms with E-state index < -0.39 is 0 Å². The van der Waals surface area contributed by atoms with Crippen molar-refractivity contribution in [2.45, 2.75) is 19.9 Å². The molecule has 3 rings (SSSR count). The Hall–Kier alpha value is -1.72. The van der Waals surface area contributed by atoms with Crippen molar-refractivity contribution in [2.24, 2.45) is 0 Å². The molecular formula is C15H14N2OS2. The van der Waals surface area contributed by atoms with E-state index in [1.54, 1.807) is 15.9 Å². The minimum Gasteiger partial charge on any atom is -0.323 e. The first kappa shape index (κ1) is 13.3. The molecule has 0 aliphatic heterocycles. The zero-order chi connectivity index (χ0) is 14.1. The second-order valence-electron chi connectivity index (χ2n) is 4.72. The van der Waals surface area contributed by atoms with E-state index in [0.717, 1.165) is 21.5 Å². The third-order valence-corrected chi connectivity index (χ3v) is 4.55. The summed E-state index contributed by atoms with van der Waals surface area (Å²) < 4.78 is 2.15. The van der Waals surface area contributed by atoms with Crippen LogP contribution in [0.25, 0.3) is 10.2 Å². The lowest BCUT2D eigenvalue weighted by Crippen LogP contribution is -2.22. The fourth-order valence-corrected chi connectivity index (χ4v) is 3.50. The van der Waals surface area contributed by atoms with E-state index >= 15 is 0 Å². The molecule has 1 aromatic carbocycles. The molecule has 3 nitrogen and oxygen atoms in total. The van der Waals surface area contributed by atoms with Crippen molar-refractivity contribution in [3.05, 3.63) is 62.0 Å². The van der Waals surface area contributed by atoms with E-state index in [4.69, 9.17) is 12.2 Å². The van der Waals surface area contributed by atoms with Gasteiger partial charge in [0.15, 0.2) is 4.77 Å². The van der Waals surface area contributed by atoms with Gasteiger partial charge in [0, 0.05) is 11.4 Å². The van der Waals surface area contributed by atoms with Gasteiger partial charge in [-0.05, 0) is 37.2 Å². The summed E-state index contributed by atoms with van der Waals surface area (Å²) in [6.07, 6.45) is 0.798. The number of hydrogen-bond acceptors (Lipinski definition) is 3. The van der Waals surface area contributed by atoms with Crippen LogP contribution in [0.5, 0.6) is 0 Å². The van der Waals surface area contributed by atoms with Gasteiger partial charge in [-0.15, -0.1) is 11.3 Å². The average Bonchev–Trinajstić information content (AvgIpc) is 2.80. The molecule has 0 aliphatic carbocycles. The number of aromatic nitrogens is 2. The summed E-state index contributed by atoms with van der Waals surface area (Å²) in [7, 11) is 0. The van der Waals surface area contributed by atoms with Gasteiger partial charge in [-0.2, -0.15) is 0 Å². The van der Waals surface area contributed by atoms with Crippen LogP contribution in [0.15, 0.2) is 41.2 Å². The van der Waals surface area contributed by atoms with Gasteiger partial charge >= 0.3 is 0 Å². The second-order valence-corrected chi connectivity index (χ2v) is 6.37. The maximum Gasteiger partial charge on any atom is 0.263 e. The number of aromatic amines is 1. The molecule has 1 N–H and O–H groups in total. The predicted molar refractivity (Wildman–Crippen MR) is 86.2 cm³/mol. The zero-order valence-corrected chi connectivity index (χ0v) is 12.7. The number of nitrogens with one attached hydrogen (secondary N) is 1. The van der Waals surface area contributed by atoms with Crippen LogP contribution >= 0.6 is 23.6 Å². The minimum atomic E-state index is 0.00373. The van der Waals surface area contributed by atoms with Crippen LogP contribution in [-0.4, -0.2) is 9.55 Å². The largest absolute Gasteiger partial charge is 0.323 e. The molecule has 0 amide bonds. The van der Waals surface area contributed by atoms with E-state index in [1.165, 1.54) is 5.56 Å². The average molecular weight is 302 g/mol. The number of benzene rings is 1. The predicted octanol–water partition coefficient (Wildman–Crippen LogP) is 3.67. The smallest absolute Gasteiger partial charge is 0.263 e. The lowest BCUT2D eigenvalue weighted by Gasteiger charge is -2.06. The third-order valence-electron chi connectivity index (χ3n) is 3.26. The van der Waals surface area contributed by atoms with Gasteiger partial charge in [0.2, 0.25) is 0 Å². The summed E-state index contributed by atoms with van der Waals surface area (Å²) in [6.45, 7) is 2.60. The minimum absolute atomic E-state index is 0.00373. The monoisotopic (exact) mass is 302 g/mol. The van der Waals surface area contributed by atoms with E-state index in [1.807, 2.05) is 31.2 Å². The van der Waals surface area contributed by atoms with Crippen LogP contribution in [0, 0.1) is 11.7 Å². The molecular weight excluding hydrogens is 288 g/mol. The summed E-state index contributed by atoms with van der Waals surface area (Å²) in [6, 6.07) is 12.0. The lowest BCUT2D eigenvalue weighted by molar-refractivity contribution is 0.653. The Balaban J connectivity index is 1.99. The highest BCUT2D eigenvalue weighted by molar-refractivity contribution is 7.71. The molecule has 20 heavy (non-hydrogen) atoms. The molecule has 0 saturated carbocycles. The summed E-state index contributed by atoms with van der Waals surface area (Å²) in [5.41, 5.74) is 1.21. The Morgan fingerprint density at radius 1 is 1.30 bits per heavy atom. The number of fused-ring (bicyclic) bond motifs is 1. The van der Waals surface area contributed by atoms with Crippen molar-refractivity contribution in [3.8, 4) is 0 Å². The number of rotatable bonds is 3. The zero-order valence-electron chi connectivity index (χ0n) is 11.1. The first-order valence-corrected chi connectivity index (χ1v) is 7.65. The number of thiophene rings is 1. The van der Waals surface area contributed by atoms with Crippen molar-refractivity contribution in [1.82, 2.24) is 9.55 Å².